The minimum absolute atomic E-state index is 0.0454. The standard InChI is InChI=1S/C14H27N3O2/c1-11(2)13(18)17-9-6-5-7-12(17)14(19)16(4)10-8-15-3/h11-12,15H,5-10H2,1-4H3. The van der Waals surface area contributed by atoms with Crippen molar-refractivity contribution in [3.8, 4) is 0 Å². The van der Waals surface area contributed by atoms with Crippen LogP contribution in [0.4, 0.5) is 0 Å². The first kappa shape index (κ1) is 16.0. The van der Waals surface area contributed by atoms with E-state index in [-0.39, 0.29) is 23.8 Å². The average molecular weight is 269 g/mol. The number of rotatable bonds is 5. The van der Waals surface area contributed by atoms with Crippen LogP contribution in [0.5, 0.6) is 0 Å². The number of amides is 2. The third-order valence-electron chi connectivity index (χ3n) is 3.64. The summed E-state index contributed by atoms with van der Waals surface area (Å²) in [5, 5.41) is 3.03. The van der Waals surface area contributed by atoms with Crippen LogP contribution in [0.1, 0.15) is 33.1 Å². The molecule has 2 amide bonds. The molecule has 1 heterocycles. The van der Waals surface area contributed by atoms with Crippen molar-refractivity contribution in [2.75, 3.05) is 33.7 Å². The van der Waals surface area contributed by atoms with Gasteiger partial charge in [-0.3, -0.25) is 9.59 Å². The molecule has 0 aliphatic carbocycles. The van der Waals surface area contributed by atoms with Crippen molar-refractivity contribution in [3.05, 3.63) is 0 Å². The van der Waals surface area contributed by atoms with Crippen molar-refractivity contribution in [2.24, 2.45) is 5.92 Å². The van der Waals surface area contributed by atoms with Crippen LogP contribution in [-0.4, -0.2) is 61.4 Å². The Labute approximate surface area is 116 Å². The van der Waals surface area contributed by atoms with Gasteiger partial charge in [-0.15, -0.1) is 0 Å². The molecular formula is C14H27N3O2. The minimum atomic E-state index is -0.259. The van der Waals surface area contributed by atoms with Crippen LogP contribution in [-0.2, 0) is 9.59 Å². The Bertz CT molecular complexity index is 318. The summed E-state index contributed by atoms with van der Waals surface area (Å²) in [6.07, 6.45) is 2.82. The first-order chi connectivity index (χ1) is 8.99. The SMILES string of the molecule is CNCCN(C)C(=O)C1CCCCN1C(=O)C(C)C. The minimum Gasteiger partial charge on any atom is -0.343 e. The van der Waals surface area contributed by atoms with Crippen molar-refractivity contribution in [2.45, 2.75) is 39.2 Å². The summed E-state index contributed by atoms with van der Waals surface area (Å²) in [5.74, 6) is 0.125. The molecule has 0 aromatic heterocycles. The lowest BCUT2D eigenvalue weighted by Crippen LogP contribution is -2.53. The van der Waals surface area contributed by atoms with Gasteiger partial charge in [0.15, 0.2) is 0 Å². The second kappa shape index (κ2) is 7.48. The van der Waals surface area contributed by atoms with E-state index < -0.39 is 0 Å². The molecule has 19 heavy (non-hydrogen) atoms. The molecule has 0 saturated carbocycles. The largest absolute Gasteiger partial charge is 0.343 e. The highest BCUT2D eigenvalue weighted by molar-refractivity contribution is 5.88. The van der Waals surface area contributed by atoms with Gasteiger partial charge < -0.3 is 15.1 Å². The predicted octanol–water partition coefficient (Wildman–Crippen LogP) is 0.701. The Morgan fingerprint density at radius 3 is 2.63 bits per heavy atom. The zero-order chi connectivity index (χ0) is 14.4. The highest BCUT2D eigenvalue weighted by Crippen LogP contribution is 2.20. The molecule has 1 aliphatic heterocycles. The molecule has 0 spiro atoms. The molecule has 1 unspecified atom stereocenters. The maximum Gasteiger partial charge on any atom is 0.245 e. The summed E-state index contributed by atoms with van der Waals surface area (Å²) in [5.41, 5.74) is 0. The van der Waals surface area contributed by atoms with E-state index in [0.717, 1.165) is 25.8 Å². The fourth-order valence-electron chi connectivity index (χ4n) is 2.43. The molecule has 1 atom stereocenters. The third kappa shape index (κ3) is 4.20. The zero-order valence-corrected chi connectivity index (χ0v) is 12.6. The molecule has 0 aromatic carbocycles. The Balaban J connectivity index is 2.70. The monoisotopic (exact) mass is 269 g/mol. The molecule has 5 nitrogen and oxygen atoms in total. The molecule has 0 aromatic rings. The number of carbonyl (C=O) groups excluding carboxylic acids is 2. The number of hydrogen-bond acceptors (Lipinski definition) is 3. The summed E-state index contributed by atoms with van der Waals surface area (Å²) in [7, 11) is 3.68. The fourth-order valence-corrected chi connectivity index (χ4v) is 2.43. The molecular weight excluding hydrogens is 242 g/mol. The van der Waals surface area contributed by atoms with E-state index >= 15 is 0 Å². The summed E-state index contributed by atoms with van der Waals surface area (Å²) in [4.78, 5) is 28.2. The van der Waals surface area contributed by atoms with Crippen molar-refractivity contribution in [3.63, 3.8) is 0 Å². The Morgan fingerprint density at radius 2 is 2.05 bits per heavy atom. The van der Waals surface area contributed by atoms with Gasteiger partial charge in [0, 0.05) is 32.6 Å². The molecule has 1 rings (SSSR count). The number of likely N-dealkylation sites (N-methyl/N-ethyl adjacent to an activating group) is 2. The normalized spacial score (nSPS) is 19.6. The van der Waals surface area contributed by atoms with Gasteiger partial charge in [0.05, 0.1) is 0 Å². The van der Waals surface area contributed by atoms with Crippen LogP contribution in [0.15, 0.2) is 0 Å². The average Bonchev–Trinajstić information content (AvgIpc) is 2.42. The Hall–Kier alpha value is -1.10. The van der Waals surface area contributed by atoms with E-state index in [4.69, 9.17) is 0 Å². The lowest BCUT2D eigenvalue weighted by molar-refractivity contribution is -0.148. The number of piperidine rings is 1. The second-order valence-corrected chi connectivity index (χ2v) is 5.56. The van der Waals surface area contributed by atoms with Crippen LogP contribution >= 0.6 is 0 Å². The molecule has 0 radical (unpaired) electrons. The summed E-state index contributed by atoms with van der Waals surface area (Å²) in [6.45, 7) is 5.95. The van der Waals surface area contributed by atoms with Gasteiger partial charge in [-0.2, -0.15) is 0 Å². The second-order valence-electron chi connectivity index (χ2n) is 5.56. The lowest BCUT2D eigenvalue weighted by Gasteiger charge is -2.37. The molecule has 110 valence electrons. The van der Waals surface area contributed by atoms with Gasteiger partial charge in [0.25, 0.3) is 0 Å². The number of nitrogens with zero attached hydrogens (tertiary/aromatic N) is 2. The van der Waals surface area contributed by atoms with Gasteiger partial charge in [0.2, 0.25) is 11.8 Å². The highest BCUT2D eigenvalue weighted by Gasteiger charge is 2.34. The topological polar surface area (TPSA) is 52.7 Å². The first-order valence-corrected chi connectivity index (χ1v) is 7.19. The summed E-state index contributed by atoms with van der Waals surface area (Å²) >= 11 is 0. The molecule has 1 aliphatic rings. The summed E-state index contributed by atoms with van der Waals surface area (Å²) in [6, 6.07) is -0.259. The van der Waals surface area contributed by atoms with Crippen LogP contribution in [0.2, 0.25) is 0 Å². The lowest BCUT2D eigenvalue weighted by atomic mass is 9.99. The zero-order valence-electron chi connectivity index (χ0n) is 12.6. The van der Waals surface area contributed by atoms with Crippen molar-refractivity contribution in [1.29, 1.82) is 0 Å². The van der Waals surface area contributed by atoms with E-state index in [0.29, 0.717) is 13.1 Å². The predicted molar refractivity (Wildman–Crippen MR) is 75.8 cm³/mol. The van der Waals surface area contributed by atoms with Crippen LogP contribution in [0, 0.1) is 5.92 Å². The highest BCUT2D eigenvalue weighted by atomic mass is 16.2. The number of carbonyl (C=O) groups is 2. The summed E-state index contributed by atoms with van der Waals surface area (Å²) < 4.78 is 0. The number of nitrogens with one attached hydrogen (secondary N) is 1. The van der Waals surface area contributed by atoms with E-state index in [1.165, 1.54) is 0 Å². The van der Waals surface area contributed by atoms with Crippen molar-refractivity contribution < 1.29 is 9.59 Å². The van der Waals surface area contributed by atoms with E-state index in [1.807, 2.05) is 27.9 Å². The van der Waals surface area contributed by atoms with E-state index in [2.05, 4.69) is 5.32 Å². The molecule has 5 heteroatoms. The molecule has 1 N–H and O–H groups in total. The van der Waals surface area contributed by atoms with Crippen LogP contribution < -0.4 is 5.32 Å². The molecule has 0 bridgehead atoms. The van der Waals surface area contributed by atoms with Gasteiger partial charge in [-0.05, 0) is 26.3 Å². The smallest absolute Gasteiger partial charge is 0.245 e. The van der Waals surface area contributed by atoms with Gasteiger partial charge >= 0.3 is 0 Å². The quantitative estimate of drug-likeness (QED) is 0.799. The fraction of sp³-hybridized carbons (Fsp3) is 0.857. The maximum atomic E-state index is 12.4. The Morgan fingerprint density at radius 1 is 1.37 bits per heavy atom. The van der Waals surface area contributed by atoms with Crippen LogP contribution in [0.25, 0.3) is 0 Å². The van der Waals surface area contributed by atoms with Gasteiger partial charge in [-0.25, -0.2) is 0 Å². The molecule has 1 fully saturated rings. The third-order valence-corrected chi connectivity index (χ3v) is 3.64. The van der Waals surface area contributed by atoms with Crippen molar-refractivity contribution >= 4 is 11.8 Å². The van der Waals surface area contributed by atoms with Gasteiger partial charge in [0.1, 0.15) is 6.04 Å². The first-order valence-electron chi connectivity index (χ1n) is 7.19. The number of likely N-dealkylation sites (tertiary alicyclic amines) is 1. The van der Waals surface area contributed by atoms with E-state index in [1.54, 1.807) is 9.80 Å². The number of hydrogen-bond donors (Lipinski definition) is 1. The molecule has 1 saturated heterocycles. The van der Waals surface area contributed by atoms with Crippen LogP contribution in [0.3, 0.4) is 0 Å². The Kier molecular flexibility index (Phi) is 6.28. The van der Waals surface area contributed by atoms with Crippen molar-refractivity contribution in [1.82, 2.24) is 15.1 Å². The maximum absolute atomic E-state index is 12.4. The van der Waals surface area contributed by atoms with Gasteiger partial charge in [-0.1, -0.05) is 13.8 Å². The van der Waals surface area contributed by atoms with E-state index in [9.17, 15) is 9.59 Å².